The standard InChI is InChI=1S/C18H18N2O3/c1-10-2-9-14(18(23)20-12-5-6-12)16(19)15(10)17(22)11-3-7-13(21)8-4-11/h2-4,7-9,12,21H,5-6,19H2,1H3,(H,20,23). The number of carbonyl (C=O) groups is 2. The Morgan fingerprint density at radius 3 is 2.39 bits per heavy atom. The smallest absolute Gasteiger partial charge is 0.253 e. The van der Waals surface area contributed by atoms with Gasteiger partial charge in [-0.3, -0.25) is 9.59 Å². The molecule has 23 heavy (non-hydrogen) atoms. The number of hydrogen-bond donors (Lipinski definition) is 3. The largest absolute Gasteiger partial charge is 0.508 e. The molecule has 0 atom stereocenters. The number of rotatable bonds is 4. The van der Waals surface area contributed by atoms with Crippen LogP contribution in [0.2, 0.25) is 0 Å². The minimum absolute atomic E-state index is 0.0869. The van der Waals surface area contributed by atoms with Crippen LogP contribution in [0.1, 0.15) is 44.7 Å². The number of phenolic OH excluding ortho intramolecular Hbond substituents is 1. The molecule has 2 aromatic carbocycles. The van der Waals surface area contributed by atoms with Gasteiger partial charge >= 0.3 is 0 Å². The Labute approximate surface area is 134 Å². The van der Waals surface area contributed by atoms with Gasteiger partial charge in [0.25, 0.3) is 5.91 Å². The van der Waals surface area contributed by atoms with Crippen LogP contribution < -0.4 is 11.1 Å². The number of anilines is 1. The van der Waals surface area contributed by atoms with Crippen LogP contribution >= 0.6 is 0 Å². The molecule has 4 N–H and O–H groups in total. The third kappa shape index (κ3) is 3.04. The summed E-state index contributed by atoms with van der Waals surface area (Å²) in [4.78, 5) is 25.0. The topological polar surface area (TPSA) is 92.4 Å². The lowest BCUT2D eigenvalue weighted by atomic mass is 9.94. The number of amides is 1. The molecule has 0 aromatic heterocycles. The fourth-order valence-electron chi connectivity index (χ4n) is 2.48. The molecule has 0 spiro atoms. The predicted molar refractivity (Wildman–Crippen MR) is 87.6 cm³/mol. The minimum atomic E-state index is -0.263. The van der Waals surface area contributed by atoms with Crippen LogP contribution in [0.15, 0.2) is 36.4 Å². The summed E-state index contributed by atoms with van der Waals surface area (Å²) >= 11 is 0. The number of carbonyl (C=O) groups excluding carboxylic acids is 2. The summed E-state index contributed by atoms with van der Waals surface area (Å²) < 4.78 is 0. The van der Waals surface area contributed by atoms with Crippen molar-refractivity contribution in [3.63, 3.8) is 0 Å². The molecule has 2 aromatic rings. The van der Waals surface area contributed by atoms with E-state index in [1.54, 1.807) is 19.1 Å². The van der Waals surface area contributed by atoms with Gasteiger partial charge in [0.1, 0.15) is 5.75 Å². The van der Waals surface area contributed by atoms with Crippen LogP contribution in [-0.4, -0.2) is 22.8 Å². The molecule has 0 bridgehead atoms. The highest BCUT2D eigenvalue weighted by Crippen LogP contribution is 2.26. The highest BCUT2D eigenvalue weighted by molar-refractivity contribution is 6.16. The number of nitrogens with one attached hydrogen (secondary N) is 1. The zero-order valence-corrected chi connectivity index (χ0v) is 12.8. The Hall–Kier alpha value is -2.82. The van der Waals surface area contributed by atoms with Crippen molar-refractivity contribution >= 4 is 17.4 Å². The van der Waals surface area contributed by atoms with Crippen molar-refractivity contribution in [1.29, 1.82) is 0 Å². The lowest BCUT2D eigenvalue weighted by Crippen LogP contribution is -2.27. The zero-order valence-electron chi connectivity index (χ0n) is 12.8. The lowest BCUT2D eigenvalue weighted by Gasteiger charge is -2.13. The van der Waals surface area contributed by atoms with E-state index in [2.05, 4.69) is 5.32 Å². The summed E-state index contributed by atoms with van der Waals surface area (Å²) in [6.07, 6.45) is 1.97. The third-order valence-corrected chi connectivity index (χ3v) is 3.97. The van der Waals surface area contributed by atoms with E-state index in [9.17, 15) is 14.7 Å². The van der Waals surface area contributed by atoms with Gasteiger partial charge in [-0.05, 0) is 55.7 Å². The molecule has 1 amide bonds. The molecular formula is C18H18N2O3. The molecule has 1 aliphatic carbocycles. The maximum atomic E-state index is 12.7. The van der Waals surface area contributed by atoms with Gasteiger partial charge in [-0.2, -0.15) is 0 Å². The highest BCUT2D eigenvalue weighted by atomic mass is 16.3. The molecule has 5 nitrogen and oxygen atoms in total. The van der Waals surface area contributed by atoms with Crippen molar-refractivity contribution in [2.75, 3.05) is 5.73 Å². The first-order chi connectivity index (χ1) is 11.0. The molecule has 0 radical (unpaired) electrons. The van der Waals surface area contributed by atoms with Crippen LogP contribution in [0.5, 0.6) is 5.75 Å². The maximum Gasteiger partial charge on any atom is 0.253 e. The number of benzene rings is 2. The fraction of sp³-hybridized carbons (Fsp3) is 0.222. The van der Waals surface area contributed by atoms with Crippen LogP contribution in [0.4, 0.5) is 5.69 Å². The van der Waals surface area contributed by atoms with E-state index in [1.165, 1.54) is 24.3 Å². The number of aromatic hydroxyl groups is 1. The summed E-state index contributed by atoms with van der Waals surface area (Å²) in [6.45, 7) is 1.78. The monoisotopic (exact) mass is 310 g/mol. The van der Waals surface area contributed by atoms with Crippen LogP contribution in [-0.2, 0) is 0 Å². The van der Waals surface area contributed by atoms with E-state index in [4.69, 9.17) is 5.73 Å². The number of phenols is 1. The first-order valence-electron chi connectivity index (χ1n) is 7.51. The second-order valence-corrected chi connectivity index (χ2v) is 5.84. The molecule has 1 aliphatic rings. The molecule has 0 unspecified atom stereocenters. The van der Waals surface area contributed by atoms with Gasteiger partial charge in [-0.1, -0.05) is 6.07 Å². The summed E-state index contributed by atoms with van der Waals surface area (Å²) in [7, 11) is 0. The van der Waals surface area contributed by atoms with Crippen molar-refractivity contribution in [3.05, 3.63) is 58.7 Å². The van der Waals surface area contributed by atoms with Gasteiger partial charge in [0.15, 0.2) is 5.78 Å². The quantitative estimate of drug-likeness (QED) is 0.597. The summed E-state index contributed by atoms with van der Waals surface area (Å²) in [5.41, 5.74) is 8.10. The predicted octanol–water partition coefficient (Wildman–Crippen LogP) is 2.41. The Morgan fingerprint density at radius 2 is 1.78 bits per heavy atom. The number of aryl methyl sites for hydroxylation is 1. The first-order valence-corrected chi connectivity index (χ1v) is 7.51. The molecule has 118 valence electrons. The fourth-order valence-corrected chi connectivity index (χ4v) is 2.48. The number of nitrogens with two attached hydrogens (primary N) is 1. The SMILES string of the molecule is Cc1ccc(C(=O)NC2CC2)c(N)c1C(=O)c1ccc(O)cc1. The Balaban J connectivity index is 1.98. The second-order valence-electron chi connectivity index (χ2n) is 5.84. The Kier molecular flexibility index (Phi) is 3.78. The molecule has 3 rings (SSSR count). The van der Waals surface area contributed by atoms with Crippen molar-refractivity contribution in [2.45, 2.75) is 25.8 Å². The van der Waals surface area contributed by atoms with Gasteiger partial charge in [0, 0.05) is 17.2 Å². The van der Waals surface area contributed by atoms with Gasteiger partial charge in [-0.15, -0.1) is 0 Å². The van der Waals surface area contributed by atoms with Crippen molar-refractivity contribution in [2.24, 2.45) is 0 Å². The van der Waals surface area contributed by atoms with Gasteiger partial charge in [0.05, 0.1) is 11.3 Å². The van der Waals surface area contributed by atoms with Crippen molar-refractivity contribution < 1.29 is 14.7 Å². The number of nitrogen functional groups attached to an aromatic ring is 1. The molecule has 0 saturated heterocycles. The van der Waals surface area contributed by atoms with E-state index >= 15 is 0 Å². The number of hydrogen-bond acceptors (Lipinski definition) is 4. The minimum Gasteiger partial charge on any atom is -0.508 e. The molecule has 1 saturated carbocycles. The lowest BCUT2D eigenvalue weighted by molar-refractivity contribution is 0.0952. The highest BCUT2D eigenvalue weighted by Gasteiger charge is 2.26. The summed E-state index contributed by atoms with van der Waals surface area (Å²) in [5, 5.41) is 12.2. The Bertz CT molecular complexity index is 778. The molecular weight excluding hydrogens is 292 g/mol. The summed E-state index contributed by atoms with van der Waals surface area (Å²) in [5.74, 6) is -0.422. The van der Waals surface area contributed by atoms with Gasteiger partial charge < -0.3 is 16.2 Å². The van der Waals surface area contributed by atoms with E-state index < -0.39 is 0 Å². The maximum absolute atomic E-state index is 12.7. The number of ketones is 1. The average Bonchev–Trinajstić information content (AvgIpc) is 3.31. The molecule has 0 aliphatic heterocycles. The van der Waals surface area contributed by atoms with Gasteiger partial charge in [-0.25, -0.2) is 0 Å². The second kappa shape index (κ2) is 5.76. The van der Waals surface area contributed by atoms with Crippen molar-refractivity contribution in [1.82, 2.24) is 5.32 Å². The van der Waals surface area contributed by atoms with E-state index in [1.807, 2.05) is 0 Å². The van der Waals surface area contributed by atoms with E-state index in [0.717, 1.165) is 12.8 Å². The van der Waals surface area contributed by atoms with Gasteiger partial charge in [0.2, 0.25) is 0 Å². The van der Waals surface area contributed by atoms with Crippen LogP contribution in [0.3, 0.4) is 0 Å². The van der Waals surface area contributed by atoms with Crippen LogP contribution in [0.25, 0.3) is 0 Å². The Morgan fingerprint density at radius 1 is 1.13 bits per heavy atom. The van der Waals surface area contributed by atoms with E-state index in [0.29, 0.717) is 22.3 Å². The molecule has 1 fully saturated rings. The van der Waals surface area contributed by atoms with E-state index in [-0.39, 0.29) is 29.2 Å². The first kappa shape index (κ1) is 15.1. The molecule has 5 heteroatoms. The molecule has 0 heterocycles. The summed E-state index contributed by atoms with van der Waals surface area (Å²) in [6, 6.07) is 9.56. The average molecular weight is 310 g/mol. The third-order valence-electron chi connectivity index (χ3n) is 3.97. The normalized spacial score (nSPS) is 13.6. The van der Waals surface area contributed by atoms with Crippen LogP contribution in [0, 0.1) is 6.92 Å². The zero-order chi connectivity index (χ0) is 16.6. The van der Waals surface area contributed by atoms with Crippen molar-refractivity contribution in [3.8, 4) is 5.75 Å².